The number of pyridine rings is 1. The Hall–Kier alpha value is -2.21. The number of rotatable bonds is 2. The first-order valence-electron chi connectivity index (χ1n) is 6.91. The highest BCUT2D eigenvalue weighted by Gasteiger charge is 2.32. The topological polar surface area (TPSA) is 85.0 Å². The normalized spacial score (nSPS) is 13.6. The number of aromatic nitrogens is 3. The van der Waals surface area contributed by atoms with Gasteiger partial charge in [-0.3, -0.25) is 9.78 Å². The number of carbonyl (C=O) groups is 1. The van der Waals surface area contributed by atoms with Crippen LogP contribution in [0.2, 0.25) is 5.15 Å². The lowest BCUT2D eigenvalue weighted by molar-refractivity contribution is 0.101. The van der Waals surface area contributed by atoms with E-state index in [1.54, 1.807) is 0 Å². The molecule has 0 saturated carbocycles. The molecule has 3 rings (SSSR count). The Labute approximate surface area is 133 Å². The van der Waals surface area contributed by atoms with Crippen molar-refractivity contribution < 1.29 is 4.79 Å². The number of hydrogen-bond donors (Lipinski definition) is 1. The molecule has 22 heavy (non-hydrogen) atoms. The Morgan fingerprint density at radius 1 is 1.27 bits per heavy atom. The maximum Gasteiger partial charge on any atom is 0.223 e. The standard InChI is InChI=1S/C15H16ClN5O/c1-7-4-18-10(9(3)8(7)2)5-21-6-11(22)12-13(16)19-15(17)20-14(12)21/h4H,5-6H2,1-3H3,(H2,17,19,20). The number of nitrogen functional groups attached to an aromatic ring is 1. The summed E-state index contributed by atoms with van der Waals surface area (Å²) in [5, 5.41) is 0.111. The van der Waals surface area contributed by atoms with Crippen molar-refractivity contribution in [2.45, 2.75) is 27.3 Å². The molecule has 0 amide bonds. The Morgan fingerprint density at radius 3 is 2.73 bits per heavy atom. The van der Waals surface area contributed by atoms with Crippen molar-refractivity contribution in [3.63, 3.8) is 0 Å². The number of carbonyl (C=O) groups excluding carboxylic acids is 1. The molecule has 0 fully saturated rings. The van der Waals surface area contributed by atoms with Crippen LogP contribution in [-0.2, 0) is 6.54 Å². The number of Topliss-reactive ketones (excluding diaryl/α,β-unsaturated/α-hetero) is 1. The van der Waals surface area contributed by atoms with E-state index in [2.05, 4.69) is 21.9 Å². The first kappa shape index (κ1) is 14.7. The van der Waals surface area contributed by atoms with E-state index in [0.29, 0.717) is 17.9 Å². The molecule has 1 aliphatic rings. The molecule has 0 saturated heterocycles. The number of anilines is 2. The molecule has 6 nitrogen and oxygen atoms in total. The summed E-state index contributed by atoms with van der Waals surface area (Å²) in [5.41, 5.74) is 10.4. The second-order valence-electron chi connectivity index (χ2n) is 5.49. The summed E-state index contributed by atoms with van der Waals surface area (Å²) in [7, 11) is 0. The quantitative estimate of drug-likeness (QED) is 0.855. The lowest BCUT2D eigenvalue weighted by atomic mass is 10.0. The number of fused-ring (bicyclic) bond motifs is 1. The highest BCUT2D eigenvalue weighted by Crippen LogP contribution is 2.32. The molecule has 0 unspecified atom stereocenters. The van der Waals surface area contributed by atoms with Crippen molar-refractivity contribution in [1.82, 2.24) is 15.0 Å². The van der Waals surface area contributed by atoms with Crippen LogP contribution in [0, 0.1) is 20.8 Å². The fourth-order valence-electron chi connectivity index (χ4n) is 2.59. The average molecular weight is 318 g/mol. The summed E-state index contributed by atoms with van der Waals surface area (Å²) in [6.07, 6.45) is 1.85. The number of nitrogens with two attached hydrogens (primary N) is 1. The zero-order valence-corrected chi connectivity index (χ0v) is 13.4. The van der Waals surface area contributed by atoms with Gasteiger partial charge in [0.05, 0.1) is 24.3 Å². The van der Waals surface area contributed by atoms with Gasteiger partial charge < -0.3 is 10.6 Å². The summed E-state index contributed by atoms with van der Waals surface area (Å²) < 4.78 is 0. The third-order valence-corrected chi connectivity index (χ3v) is 4.39. The predicted octanol–water partition coefficient (Wildman–Crippen LogP) is 2.24. The molecule has 2 aromatic rings. The molecule has 7 heteroatoms. The Balaban J connectivity index is 2.00. The van der Waals surface area contributed by atoms with E-state index in [1.807, 2.05) is 24.9 Å². The van der Waals surface area contributed by atoms with Gasteiger partial charge in [-0.2, -0.15) is 4.98 Å². The van der Waals surface area contributed by atoms with E-state index < -0.39 is 0 Å². The molecular formula is C15H16ClN5O. The monoisotopic (exact) mass is 317 g/mol. The van der Waals surface area contributed by atoms with Gasteiger partial charge in [0.2, 0.25) is 5.95 Å². The van der Waals surface area contributed by atoms with Gasteiger partial charge in [-0.1, -0.05) is 11.6 Å². The minimum Gasteiger partial charge on any atom is -0.368 e. The van der Waals surface area contributed by atoms with Crippen LogP contribution in [0.5, 0.6) is 0 Å². The lowest BCUT2D eigenvalue weighted by Gasteiger charge is -2.19. The molecule has 1 aliphatic heterocycles. The summed E-state index contributed by atoms with van der Waals surface area (Å²) in [4.78, 5) is 26.5. The van der Waals surface area contributed by atoms with E-state index in [1.165, 1.54) is 5.56 Å². The van der Waals surface area contributed by atoms with Crippen LogP contribution in [0.25, 0.3) is 0 Å². The van der Waals surface area contributed by atoms with Crippen LogP contribution < -0.4 is 10.6 Å². The molecule has 2 aromatic heterocycles. The van der Waals surface area contributed by atoms with Crippen molar-refractivity contribution in [3.8, 4) is 0 Å². The Bertz CT molecular complexity index is 790. The fraction of sp³-hybridized carbons (Fsp3) is 0.333. The molecule has 0 aliphatic carbocycles. The Morgan fingerprint density at radius 2 is 2.00 bits per heavy atom. The molecule has 0 radical (unpaired) electrons. The van der Waals surface area contributed by atoms with Crippen molar-refractivity contribution in [2.24, 2.45) is 0 Å². The number of halogens is 1. The minimum atomic E-state index is -0.0958. The molecule has 0 bridgehead atoms. The molecule has 0 aromatic carbocycles. The molecule has 114 valence electrons. The number of aryl methyl sites for hydroxylation is 1. The highest BCUT2D eigenvalue weighted by molar-refractivity contribution is 6.34. The van der Waals surface area contributed by atoms with E-state index in [4.69, 9.17) is 17.3 Å². The maximum absolute atomic E-state index is 12.1. The van der Waals surface area contributed by atoms with Gasteiger partial charge in [-0.25, -0.2) is 4.98 Å². The van der Waals surface area contributed by atoms with Crippen molar-refractivity contribution in [3.05, 3.63) is 39.3 Å². The van der Waals surface area contributed by atoms with Crippen LogP contribution in [0.15, 0.2) is 6.20 Å². The zero-order chi connectivity index (χ0) is 16.0. The molecule has 0 atom stereocenters. The number of ketones is 1. The minimum absolute atomic E-state index is 0.0632. The third kappa shape index (κ3) is 2.29. The average Bonchev–Trinajstić information content (AvgIpc) is 2.76. The number of hydrogen-bond acceptors (Lipinski definition) is 6. The maximum atomic E-state index is 12.1. The highest BCUT2D eigenvalue weighted by atomic mass is 35.5. The largest absolute Gasteiger partial charge is 0.368 e. The zero-order valence-electron chi connectivity index (χ0n) is 12.6. The van der Waals surface area contributed by atoms with E-state index >= 15 is 0 Å². The lowest BCUT2D eigenvalue weighted by Crippen LogP contribution is -2.24. The van der Waals surface area contributed by atoms with E-state index in [9.17, 15) is 4.79 Å². The summed E-state index contributed by atoms with van der Waals surface area (Å²) >= 11 is 6.02. The van der Waals surface area contributed by atoms with Crippen molar-refractivity contribution in [1.29, 1.82) is 0 Å². The second-order valence-corrected chi connectivity index (χ2v) is 5.85. The molecule has 3 heterocycles. The van der Waals surface area contributed by atoms with E-state index in [-0.39, 0.29) is 23.4 Å². The molecule has 0 spiro atoms. The van der Waals surface area contributed by atoms with Crippen molar-refractivity contribution >= 4 is 29.2 Å². The predicted molar refractivity (Wildman–Crippen MR) is 85.3 cm³/mol. The van der Waals surface area contributed by atoms with Gasteiger partial charge in [-0.05, 0) is 37.5 Å². The van der Waals surface area contributed by atoms with Crippen LogP contribution in [0.3, 0.4) is 0 Å². The third-order valence-electron chi connectivity index (χ3n) is 4.12. The summed E-state index contributed by atoms with van der Waals surface area (Å²) in [6, 6.07) is 0. The number of nitrogens with zero attached hydrogens (tertiary/aromatic N) is 4. The van der Waals surface area contributed by atoms with Gasteiger partial charge in [0.15, 0.2) is 5.78 Å². The van der Waals surface area contributed by atoms with Gasteiger partial charge >= 0.3 is 0 Å². The molecule has 2 N–H and O–H groups in total. The second kappa shape index (κ2) is 5.21. The van der Waals surface area contributed by atoms with Gasteiger partial charge in [0.1, 0.15) is 11.0 Å². The van der Waals surface area contributed by atoms with Gasteiger partial charge in [0, 0.05) is 6.20 Å². The summed E-state index contributed by atoms with van der Waals surface area (Å²) in [6.45, 7) is 6.82. The fourth-order valence-corrected chi connectivity index (χ4v) is 2.86. The Kier molecular flexibility index (Phi) is 3.48. The van der Waals surface area contributed by atoms with Crippen LogP contribution in [0.1, 0.15) is 32.7 Å². The first-order chi connectivity index (χ1) is 10.4. The van der Waals surface area contributed by atoms with Gasteiger partial charge in [0.25, 0.3) is 0 Å². The van der Waals surface area contributed by atoms with Crippen molar-refractivity contribution in [2.75, 3.05) is 17.2 Å². The SMILES string of the molecule is Cc1cnc(CN2CC(=O)c3c(Cl)nc(N)nc32)c(C)c1C. The first-order valence-corrected chi connectivity index (χ1v) is 7.29. The molecular weight excluding hydrogens is 302 g/mol. The van der Waals surface area contributed by atoms with Crippen LogP contribution in [-0.4, -0.2) is 27.3 Å². The van der Waals surface area contributed by atoms with Crippen LogP contribution >= 0.6 is 11.6 Å². The van der Waals surface area contributed by atoms with Crippen LogP contribution in [0.4, 0.5) is 11.8 Å². The summed E-state index contributed by atoms with van der Waals surface area (Å²) in [5.74, 6) is 0.455. The van der Waals surface area contributed by atoms with Gasteiger partial charge in [-0.15, -0.1) is 0 Å². The smallest absolute Gasteiger partial charge is 0.223 e. The van der Waals surface area contributed by atoms with E-state index in [0.717, 1.165) is 16.8 Å².